The van der Waals surface area contributed by atoms with Gasteiger partial charge < -0.3 is 19.9 Å². The number of aliphatic hydroxyl groups excluding tert-OH is 1. The van der Waals surface area contributed by atoms with Gasteiger partial charge >= 0.3 is 0 Å². The summed E-state index contributed by atoms with van der Waals surface area (Å²) in [5.41, 5.74) is 1.08. The summed E-state index contributed by atoms with van der Waals surface area (Å²) in [5, 5.41) is 12.7. The molecule has 0 heterocycles. The first-order valence-corrected chi connectivity index (χ1v) is 8.16. The highest BCUT2D eigenvalue weighted by atomic mass is 79.9. The second-order valence-electron chi connectivity index (χ2n) is 5.37. The van der Waals surface area contributed by atoms with E-state index < -0.39 is 0 Å². The molecule has 0 saturated carbocycles. The Morgan fingerprint density at radius 1 is 1.33 bits per heavy atom. The van der Waals surface area contributed by atoms with E-state index in [2.05, 4.69) is 42.0 Å². The van der Waals surface area contributed by atoms with E-state index in [1.807, 2.05) is 12.1 Å². The van der Waals surface area contributed by atoms with Crippen molar-refractivity contribution in [2.45, 2.75) is 39.8 Å². The summed E-state index contributed by atoms with van der Waals surface area (Å²) in [4.78, 5) is 0. The van der Waals surface area contributed by atoms with Crippen LogP contribution >= 0.6 is 15.9 Å². The number of hydrogen-bond acceptors (Lipinski definition) is 4. The van der Waals surface area contributed by atoms with Crippen molar-refractivity contribution in [3.8, 4) is 11.5 Å². The predicted octanol–water partition coefficient (Wildman–Crippen LogP) is 3.35. The van der Waals surface area contributed by atoms with Gasteiger partial charge in [0.2, 0.25) is 0 Å². The molecule has 120 valence electrons. The summed E-state index contributed by atoms with van der Waals surface area (Å²) in [7, 11) is 1.64. The smallest absolute Gasteiger partial charge is 0.175 e. The van der Waals surface area contributed by atoms with Crippen molar-refractivity contribution in [1.82, 2.24) is 5.32 Å². The lowest BCUT2D eigenvalue weighted by molar-refractivity contribution is 0.210. The second kappa shape index (κ2) is 9.28. The summed E-state index contributed by atoms with van der Waals surface area (Å²) < 4.78 is 12.0. The number of halogens is 1. The fourth-order valence-electron chi connectivity index (χ4n) is 1.98. The van der Waals surface area contributed by atoms with Crippen LogP contribution in [0.2, 0.25) is 0 Å². The molecule has 21 heavy (non-hydrogen) atoms. The van der Waals surface area contributed by atoms with E-state index in [-0.39, 0.29) is 12.6 Å². The molecule has 1 rings (SSSR count). The normalized spacial score (nSPS) is 12.5. The van der Waals surface area contributed by atoms with E-state index in [0.29, 0.717) is 19.1 Å². The zero-order valence-electron chi connectivity index (χ0n) is 13.3. The molecule has 0 aliphatic heterocycles. The highest BCUT2D eigenvalue weighted by molar-refractivity contribution is 9.10. The number of hydrogen-bond donors (Lipinski definition) is 2. The van der Waals surface area contributed by atoms with Gasteiger partial charge in [-0.05, 0) is 46.0 Å². The third-order valence-corrected chi connectivity index (χ3v) is 3.90. The van der Waals surface area contributed by atoms with Gasteiger partial charge in [0, 0.05) is 12.6 Å². The Morgan fingerprint density at radius 3 is 2.57 bits per heavy atom. The summed E-state index contributed by atoms with van der Waals surface area (Å²) in [6.07, 6.45) is 0.950. The average molecular weight is 360 g/mol. The van der Waals surface area contributed by atoms with E-state index in [4.69, 9.17) is 9.47 Å². The highest BCUT2D eigenvalue weighted by Crippen LogP contribution is 2.36. The molecule has 2 N–H and O–H groups in total. The third-order valence-electron chi connectivity index (χ3n) is 3.31. The fraction of sp³-hybridized carbons (Fsp3) is 0.625. The van der Waals surface area contributed by atoms with Gasteiger partial charge in [0.25, 0.3) is 0 Å². The summed E-state index contributed by atoms with van der Waals surface area (Å²) in [6, 6.07) is 4.08. The quantitative estimate of drug-likeness (QED) is 0.709. The van der Waals surface area contributed by atoms with Crippen molar-refractivity contribution in [1.29, 1.82) is 0 Å². The monoisotopic (exact) mass is 359 g/mol. The lowest BCUT2D eigenvalue weighted by atomic mass is 10.0. The molecule has 0 aliphatic carbocycles. The van der Waals surface area contributed by atoms with Crippen molar-refractivity contribution >= 4 is 15.9 Å². The standard InChI is InChI=1S/C16H26BrNO3/c1-5-6-21-16-13(17)7-12(8-15(16)20-4)9-18-14(10-19)11(2)3/h7-8,11,14,18-19H,5-6,9-10H2,1-4H3. The number of aliphatic hydroxyl groups is 1. The summed E-state index contributed by atoms with van der Waals surface area (Å²) >= 11 is 3.54. The van der Waals surface area contributed by atoms with Crippen LogP contribution < -0.4 is 14.8 Å². The molecular weight excluding hydrogens is 334 g/mol. The Hall–Kier alpha value is -0.780. The summed E-state index contributed by atoms with van der Waals surface area (Å²) in [6.45, 7) is 7.71. The second-order valence-corrected chi connectivity index (χ2v) is 6.23. The van der Waals surface area contributed by atoms with Crippen LogP contribution in [-0.2, 0) is 6.54 Å². The van der Waals surface area contributed by atoms with E-state index in [0.717, 1.165) is 28.0 Å². The minimum Gasteiger partial charge on any atom is -0.493 e. The SMILES string of the molecule is CCCOc1c(Br)cc(CNC(CO)C(C)C)cc1OC. The van der Waals surface area contributed by atoms with E-state index >= 15 is 0 Å². The summed E-state index contributed by atoms with van der Waals surface area (Å²) in [5.74, 6) is 1.85. The molecule has 0 aliphatic rings. The molecule has 0 fully saturated rings. The zero-order chi connectivity index (χ0) is 15.8. The number of rotatable bonds is 9. The van der Waals surface area contributed by atoms with Gasteiger partial charge in [0.15, 0.2) is 11.5 Å². The number of benzene rings is 1. The molecular formula is C16H26BrNO3. The Labute approximate surface area is 136 Å². The predicted molar refractivity (Wildman–Crippen MR) is 89.0 cm³/mol. The maximum atomic E-state index is 9.35. The van der Waals surface area contributed by atoms with Gasteiger partial charge in [-0.3, -0.25) is 0 Å². The van der Waals surface area contributed by atoms with Gasteiger partial charge in [-0.2, -0.15) is 0 Å². The highest BCUT2D eigenvalue weighted by Gasteiger charge is 2.14. The first-order valence-electron chi connectivity index (χ1n) is 7.36. The Morgan fingerprint density at radius 2 is 2.05 bits per heavy atom. The maximum absolute atomic E-state index is 9.35. The lowest BCUT2D eigenvalue weighted by Gasteiger charge is -2.20. The van der Waals surface area contributed by atoms with Crippen LogP contribution in [0.4, 0.5) is 0 Å². The number of ether oxygens (including phenoxy) is 2. The van der Waals surface area contributed by atoms with Gasteiger partial charge in [-0.25, -0.2) is 0 Å². The Kier molecular flexibility index (Phi) is 8.07. The molecule has 0 bridgehead atoms. The number of nitrogens with one attached hydrogen (secondary N) is 1. The van der Waals surface area contributed by atoms with Crippen LogP contribution in [-0.4, -0.2) is 31.5 Å². The molecule has 0 radical (unpaired) electrons. The molecule has 1 aromatic rings. The number of methoxy groups -OCH3 is 1. The molecule has 0 amide bonds. The first kappa shape index (κ1) is 18.3. The Bertz CT molecular complexity index is 438. The molecule has 0 spiro atoms. The van der Waals surface area contributed by atoms with Gasteiger partial charge in [-0.15, -0.1) is 0 Å². The minimum absolute atomic E-state index is 0.0887. The van der Waals surface area contributed by atoms with Crippen molar-refractivity contribution in [2.24, 2.45) is 5.92 Å². The average Bonchev–Trinajstić information content (AvgIpc) is 2.45. The molecule has 0 saturated heterocycles. The van der Waals surface area contributed by atoms with Gasteiger partial charge in [0.1, 0.15) is 0 Å². The molecule has 1 unspecified atom stereocenters. The van der Waals surface area contributed by atoms with Crippen molar-refractivity contribution in [3.05, 3.63) is 22.2 Å². The Balaban J connectivity index is 2.82. The van der Waals surface area contributed by atoms with Crippen molar-refractivity contribution in [2.75, 3.05) is 20.3 Å². The van der Waals surface area contributed by atoms with Gasteiger partial charge in [-0.1, -0.05) is 20.8 Å². The fourth-order valence-corrected chi connectivity index (χ4v) is 2.58. The maximum Gasteiger partial charge on any atom is 0.175 e. The molecule has 4 nitrogen and oxygen atoms in total. The minimum atomic E-state index is 0.0887. The van der Waals surface area contributed by atoms with Crippen LogP contribution in [0.3, 0.4) is 0 Å². The molecule has 1 atom stereocenters. The van der Waals surface area contributed by atoms with E-state index in [1.54, 1.807) is 7.11 Å². The van der Waals surface area contributed by atoms with E-state index in [1.165, 1.54) is 0 Å². The van der Waals surface area contributed by atoms with Gasteiger partial charge in [0.05, 0.1) is 24.8 Å². The molecule has 5 heteroatoms. The largest absolute Gasteiger partial charge is 0.493 e. The van der Waals surface area contributed by atoms with Crippen LogP contribution in [0.1, 0.15) is 32.8 Å². The van der Waals surface area contributed by atoms with Crippen LogP contribution in [0.5, 0.6) is 11.5 Å². The van der Waals surface area contributed by atoms with Crippen LogP contribution in [0.15, 0.2) is 16.6 Å². The van der Waals surface area contributed by atoms with Crippen molar-refractivity contribution < 1.29 is 14.6 Å². The third kappa shape index (κ3) is 5.49. The molecule has 0 aromatic heterocycles. The molecule has 1 aromatic carbocycles. The lowest BCUT2D eigenvalue weighted by Crippen LogP contribution is -2.36. The van der Waals surface area contributed by atoms with E-state index in [9.17, 15) is 5.11 Å². The van der Waals surface area contributed by atoms with Crippen molar-refractivity contribution in [3.63, 3.8) is 0 Å². The van der Waals surface area contributed by atoms with Crippen LogP contribution in [0, 0.1) is 5.92 Å². The first-order chi connectivity index (χ1) is 10.0. The van der Waals surface area contributed by atoms with Crippen LogP contribution in [0.25, 0.3) is 0 Å². The topological polar surface area (TPSA) is 50.7 Å². The zero-order valence-corrected chi connectivity index (χ0v) is 14.9.